The van der Waals surface area contributed by atoms with Gasteiger partial charge in [0.05, 0.1) is 11.7 Å². The highest BCUT2D eigenvalue weighted by Gasteiger charge is 2.12. The smallest absolute Gasteiger partial charge is 0.350 e. The number of aromatic nitrogens is 2. The van der Waals surface area contributed by atoms with E-state index in [0.29, 0.717) is 0 Å². The Balaban J connectivity index is 2.17. The van der Waals surface area contributed by atoms with Gasteiger partial charge >= 0.3 is 5.97 Å². The molecule has 22 heavy (non-hydrogen) atoms. The summed E-state index contributed by atoms with van der Waals surface area (Å²) in [5.41, 5.74) is 5.88. The van der Waals surface area contributed by atoms with Crippen LogP contribution >= 0.6 is 0 Å². The molecule has 0 aliphatic carbocycles. The Hall–Kier alpha value is -2.92. The number of nitrogens with zero attached hydrogens (tertiary/aromatic N) is 1. The summed E-state index contributed by atoms with van der Waals surface area (Å²) in [4.78, 5) is 16.7. The van der Waals surface area contributed by atoms with Crippen molar-refractivity contribution in [3.63, 3.8) is 0 Å². The summed E-state index contributed by atoms with van der Waals surface area (Å²) in [6.45, 7) is 0. The van der Waals surface area contributed by atoms with Crippen molar-refractivity contribution < 1.29 is 9.63 Å². The van der Waals surface area contributed by atoms with Crippen molar-refractivity contribution >= 4 is 22.4 Å². The van der Waals surface area contributed by atoms with Gasteiger partial charge in [0.1, 0.15) is 0 Å². The zero-order valence-electron chi connectivity index (χ0n) is 12.0. The number of fused-ring (bicyclic) bond motifs is 1. The van der Waals surface area contributed by atoms with Crippen molar-refractivity contribution in [2.45, 2.75) is 0 Å². The van der Waals surface area contributed by atoms with Gasteiger partial charge in [-0.05, 0) is 11.1 Å². The largest absolute Gasteiger partial charge is 0.367 e. The molecule has 5 heteroatoms. The van der Waals surface area contributed by atoms with Crippen LogP contribution in [0.1, 0.15) is 11.1 Å². The first-order valence-corrected chi connectivity index (χ1v) is 6.86. The number of H-pyrrole nitrogens is 1. The van der Waals surface area contributed by atoms with Gasteiger partial charge in [0.15, 0.2) is 0 Å². The summed E-state index contributed by atoms with van der Waals surface area (Å²) in [5, 5.41) is 8.05. The van der Waals surface area contributed by atoms with Gasteiger partial charge in [-0.2, -0.15) is 10.6 Å². The summed E-state index contributed by atoms with van der Waals surface area (Å²) in [5.74, 6) is -0.460. The monoisotopic (exact) mass is 293 g/mol. The molecule has 0 saturated heterocycles. The molecule has 0 aliphatic rings. The van der Waals surface area contributed by atoms with Crippen LogP contribution in [0.3, 0.4) is 0 Å². The normalized spacial score (nSPS) is 11.6. The van der Waals surface area contributed by atoms with E-state index in [4.69, 9.17) is 4.84 Å². The standard InChI is InChI=1S/C17H15N3O2/c1-18-22-16(21)10-15(12-6-3-2-4-7-12)14-9-5-8-13-11-19-20-17(13)14/h2-11,18H,1H3,(H,19,20). The van der Waals surface area contributed by atoms with Gasteiger partial charge in [0.2, 0.25) is 0 Å². The zero-order valence-corrected chi connectivity index (χ0v) is 12.0. The molecule has 0 amide bonds. The number of nitrogens with one attached hydrogen (secondary N) is 2. The predicted molar refractivity (Wildman–Crippen MR) is 84.8 cm³/mol. The number of rotatable bonds is 4. The summed E-state index contributed by atoms with van der Waals surface area (Å²) < 4.78 is 0. The molecule has 1 aromatic heterocycles. The van der Waals surface area contributed by atoms with Gasteiger partial charge in [0, 0.05) is 24.1 Å². The summed E-state index contributed by atoms with van der Waals surface area (Å²) >= 11 is 0. The van der Waals surface area contributed by atoms with Gasteiger partial charge in [-0.25, -0.2) is 4.79 Å². The number of hydrogen-bond acceptors (Lipinski definition) is 4. The van der Waals surface area contributed by atoms with Crippen molar-refractivity contribution in [3.05, 3.63) is 71.9 Å². The molecular formula is C17H15N3O2. The molecule has 0 saturated carbocycles. The fourth-order valence-electron chi connectivity index (χ4n) is 2.38. The summed E-state index contributed by atoms with van der Waals surface area (Å²) in [6, 6.07) is 15.6. The Morgan fingerprint density at radius 1 is 1.18 bits per heavy atom. The van der Waals surface area contributed by atoms with E-state index in [0.717, 1.165) is 27.6 Å². The fraction of sp³-hybridized carbons (Fsp3) is 0.0588. The van der Waals surface area contributed by atoms with Crippen LogP contribution in [0.15, 0.2) is 60.8 Å². The molecule has 0 radical (unpaired) electrons. The molecule has 1 heterocycles. The number of aromatic amines is 1. The minimum Gasteiger partial charge on any atom is -0.367 e. The molecule has 0 fully saturated rings. The van der Waals surface area contributed by atoms with E-state index < -0.39 is 5.97 Å². The Morgan fingerprint density at radius 2 is 2.00 bits per heavy atom. The van der Waals surface area contributed by atoms with Gasteiger partial charge < -0.3 is 4.84 Å². The highest BCUT2D eigenvalue weighted by molar-refractivity contribution is 6.02. The molecule has 0 spiro atoms. The van der Waals surface area contributed by atoms with Crippen LogP contribution < -0.4 is 5.48 Å². The molecular weight excluding hydrogens is 278 g/mol. The minimum absolute atomic E-state index is 0.460. The van der Waals surface area contributed by atoms with Gasteiger partial charge in [-0.15, -0.1) is 0 Å². The molecule has 5 nitrogen and oxygen atoms in total. The first kappa shape index (κ1) is 14.0. The van der Waals surface area contributed by atoms with E-state index in [-0.39, 0.29) is 0 Å². The van der Waals surface area contributed by atoms with Gasteiger partial charge in [-0.3, -0.25) is 5.10 Å². The maximum absolute atomic E-state index is 11.9. The van der Waals surface area contributed by atoms with E-state index in [1.807, 2.05) is 48.5 Å². The van der Waals surface area contributed by atoms with Crippen LogP contribution in [0.2, 0.25) is 0 Å². The van der Waals surface area contributed by atoms with Crippen molar-refractivity contribution in [2.75, 3.05) is 7.05 Å². The molecule has 110 valence electrons. The second-order valence-electron chi connectivity index (χ2n) is 4.69. The number of para-hydroxylation sites is 1. The second kappa shape index (κ2) is 6.24. The molecule has 3 aromatic rings. The third-order valence-corrected chi connectivity index (χ3v) is 3.32. The molecule has 0 bridgehead atoms. The molecule has 3 rings (SSSR count). The van der Waals surface area contributed by atoms with Crippen LogP contribution in [0, 0.1) is 0 Å². The van der Waals surface area contributed by atoms with Crippen molar-refractivity contribution in [2.24, 2.45) is 0 Å². The van der Waals surface area contributed by atoms with Crippen molar-refractivity contribution in [3.8, 4) is 0 Å². The fourth-order valence-corrected chi connectivity index (χ4v) is 2.38. The first-order chi connectivity index (χ1) is 10.8. The Labute approximate surface area is 127 Å². The lowest BCUT2D eigenvalue weighted by Crippen LogP contribution is -2.13. The average Bonchev–Trinajstić information content (AvgIpc) is 3.02. The topological polar surface area (TPSA) is 67.0 Å². The van der Waals surface area contributed by atoms with Crippen LogP contribution in [-0.4, -0.2) is 23.2 Å². The van der Waals surface area contributed by atoms with E-state index >= 15 is 0 Å². The SMILES string of the molecule is CNOC(=O)C=C(c1ccccc1)c1cccc2cn[nH]c12. The van der Waals surface area contributed by atoms with Crippen LogP contribution in [0.25, 0.3) is 16.5 Å². The van der Waals surface area contributed by atoms with Gasteiger partial charge in [-0.1, -0.05) is 48.5 Å². The quantitative estimate of drug-likeness (QED) is 0.573. The minimum atomic E-state index is -0.460. The highest BCUT2D eigenvalue weighted by atomic mass is 16.7. The van der Waals surface area contributed by atoms with Crippen LogP contribution in [0.5, 0.6) is 0 Å². The molecule has 0 aliphatic heterocycles. The summed E-state index contributed by atoms with van der Waals surface area (Å²) in [7, 11) is 1.55. The lowest BCUT2D eigenvalue weighted by molar-refractivity contribution is -0.143. The maximum Gasteiger partial charge on any atom is 0.350 e. The highest BCUT2D eigenvalue weighted by Crippen LogP contribution is 2.28. The molecule has 2 aromatic carbocycles. The average molecular weight is 293 g/mol. The number of hydroxylamine groups is 1. The number of benzene rings is 2. The lowest BCUT2D eigenvalue weighted by atomic mass is 9.96. The third-order valence-electron chi connectivity index (χ3n) is 3.32. The first-order valence-electron chi connectivity index (χ1n) is 6.86. The predicted octanol–water partition coefficient (Wildman–Crippen LogP) is 2.67. The number of hydrogen-bond donors (Lipinski definition) is 2. The number of carbonyl (C=O) groups excluding carboxylic acids is 1. The molecule has 2 N–H and O–H groups in total. The van der Waals surface area contributed by atoms with E-state index in [9.17, 15) is 4.79 Å². The summed E-state index contributed by atoms with van der Waals surface area (Å²) in [6.07, 6.45) is 3.23. The second-order valence-corrected chi connectivity index (χ2v) is 4.69. The lowest BCUT2D eigenvalue weighted by Gasteiger charge is -2.09. The zero-order chi connectivity index (χ0) is 15.4. The molecule has 0 atom stereocenters. The Kier molecular flexibility index (Phi) is 3.98. The molecule has 0 unspecified atom stereocenters. The van der Waals surface area contributed by atoms with Crippen molar-refractivity contribution in [1.82, 2.24) is 15.7 Å². The number of carbonyl (C=O) groups is 1. The Bertz CT molecular complexity index is 822. The van der Waals surface area contributed by atoms with Crippen LogP contribution in [0.4, 0.5) is 0 Å². The van der Waals surface area contributed by atoms with Crippen LogP contribution in [-0.2, 0) is 9.63 Å². The van der Waals surface area contributed by atoms with E-state index in [1.54, 1.807) is 13.2 Å². The maximum atomic E-state index is 11.9. The van der Waals surface area contributed by atoms with Gasteiger partial charge in [0.25, 0.3) is 0 Å². The third kappa shape index (κ3) is 2.75. The Morgan fingerprint density at radius 3 is 2.77 bits per heavy atom. The van der Waals surface area contributed by atoms with E-state index in [1.165, 1.54) is 6.08 Å². The van der Waals surface area contributed by atoms with E-state index in [2.05, 4.69) is 15.7 Å². The van der Waals surface area contributed by atoms with Crippen molar-refractivity contribution in [1.29, 1.82) is 0 Å².